The Kier molecular flexibility index (Phi) is 2.80. The standard InChI is InChI=1S/C11H14N2O3/c1-12-7-6-10(15)13(12)11(16)8-4-2-3-5-9(8)14/h2-5,10,14-15H,6-7H2,1H3/t10-/m0/s1. The van der Waals surface area contributed by atoms with Crippen molar-refractivity contribution in [3.8, 4) is 5.75 Å². The van der Waals surface area contributed by atoms with E-state index in [1.54, 1.807) is 24.2 Å². The molecule has 2 N–H and O–H groups in total. The van der Waals surface area contributed by atoms with Crippen LogP contribution in [0.25, 0.3) is 0 Å². The lowest BCUT2D eigenvalue weighted by Gasteiger charge is -2.26. The maximum absolute atomic E-state index is 12.1. The molecule has 1 aromatic carbocycles. The quantitative estimate of drug-likeness (QED) is 0.722. The van der Waals surface area contributed by atoms with Gasteiger partial charge in [0.1, 0.15) is 12.0 Å². The maximum atomic E-state index is 12.1. The van der Waals surface area contributed by atoms with Crippen molar-refractivity contribution < 1.29 is 15.0 Å². The van der Waals surface area contributed by atoms with Gasteiger partial charge >= 0.3 is 0 Å². The van der Waals surface area contributed by atoms with Crippen LogP contribution in [0.1, 0.15) is 16.8 Å². The Labute approximate surface area is 93.5 Å². The van der Waals surface area contributed by atoms with E-state index in [1.165, 1.54) is 17.1 Å². The summed E-state index contributed by atoms with van der Waals surface area (Å²) in [5.41, 5.74) is 0.204. The molecule has 0 aromatic heterocycles. The first-order valence-corrected chi connectivity index (χ1v) is 5.12. The third-order valence-corrected chi connectivity index (χ3v) is 2.70. The number of benzene rings is 1. The Hall–Kier alpha value is -1.59. The fourth-order valence-electron chi connectivity index (χ4n) is 1.83. The molecule has 2 rings (SSSR count). The number of aliphatic hydroxyl groups excluding tert-OH is 1. The number of phenolic OH excluding ortho intramolecular Hbond substituents is 1. The third kappa shape index (κ3) is 1.75. The van der Waals surface area contributed by atoms with Gasteiger partial charge in [-0.05, 0) is 12.1 Å². The van der Waals surface area contributed by atoms with Gasteiger partial charge in [0.05, 0.1) is 5.56 Å². The Morgan fingerprint density at radius 3 is 2.69 bits per heavy atom. The number of amides is 1. The van der Waals surface area contributed by atoms with Gasteiger partial charge in [0.15, 0.2) is 0 Å². The number of aromatic hydroxyl groups is 1. The van der Waals surface area contributed by atoms with Crippen molar-refractivity contribution in [3.63, 3.8) is 0 Å². The van der Waals surface area contributed by atoms with Crippen LogP contribution in [0, 0.1) is 0 Å². The van der Waals surface area contributed by atoms with Crippen molar-refractivity contribution in [1.29, 1.82) is 0 Å². The molecule has 1 heterocycles. The number of carbonyl (C=O) groups is 1. The second kappa shape index (κ2) is 4.11. The molecule has 0 unspecified atom stereocenters. The Bertz CT molecular complexity index is 398. The summed E-state index contributed by atoms with van der Waals surface area (Å²) in [6.07, 6.45) is -0.285. The molecule has 1 aliphatic heterocycles. The normalized spacial score (nSPS) is 21.4. The zero-order valence-corrected chi connectivity index (χ0v) is 9.00. The van der Waals surface area contributed by atoms with Crippen LogP contribution in [0.2, 0.25) is 0 Å². The largest absolute Gasteiger partial charge is 0.507 e. The molecule has 5 heteroatoms. The molecular formula is C11H14N2O3. The van der Waals surface area contributed by atoms with E-state index in [0.29, 0.717) is 13.0 Å². The average molecular weight is 222 g/mol. The molecule has 1 atom stereocenters. The van der Waals surface area contributed by atoms with Gasteiger partial charge in [-0.2, -0.15) is 0 Å². The molecule has 0 saturated carbocycles. The first-order valence-electron chi connectivity index (χ1n) is 5.12. The predicted molar refractivity (Wildman–Crippen MR) is 57.5 cm³/mol. The number of phenols is 1. The van der Waals surface area contributed by atoms with Gasteiger partial charge < -0.3 is 10.2 Å². The molecular weight excluding hydrogens is 208 g/mol. The Balaban J connectivity index is 2.29. The lowest BCUT2D eigenvalue weighted by atomic mass is 10.2. The molecule has 86 valence electrons. The SMILES string of the molecule is CN1CC[C@H](O)N1C(=O)c1ccccc1O. The first-order chi connectivity index (χ1) is 7.61. The Morgan fingerprint density at radius 2 is 2.12 bits per heavy atom. The van der Waals surface area contributed by atoms with Crippen LogP contribution >= 0.6 is 0 Å². The van der Waals surface area contributed by atoms with Gasteiger partial charge in [-0.25, -0.2) is 10.0 Å². The molecule has 1 aliphatic rings. The van der Waals surface area contributed by atoms with E-state index < -0.39 is 6.23 Å². The van der Waals surface area contributed by atoms with Crippen LogP contribution < -0.4 is 0 Å². The van der Waals surface area contributed by atoms with Crippen molar-refractivity contribution in [2.24, 2.45) is 0 Å². The summed E-state index contributed by atoms with van der Waals surface area (Å²) in [6.45, 7) is 0.625. The van der Waals surface area contributed by atoms with Crippen molar-refractivity contribution >= 4 is 5.91 Å². The van der Waals surface area contributed by atoms with E-state index >= 15 is 0 Å². The van der Waals surface area contributed by atoms with Gasteiger partial charge in [0.25, 0.3) is 5.91 Å². The number of hydrogen-bond acceptors (Lipinski definition) is 4. The average Bonchev–Trinajstić information content (AvgIpc) is 2.58. The molecule has 0 radical (unpaired) electrons. The van der Waals surface area contributed by atoms with Gasteiger partial charge in [-0.15, -0.1) is 0 Å². The van der Waals surface area contributed by atoms with E-state index in [4.69, 9.17) is 0 Å². The molecule has 0 aliphatic carbocycles. The summed E-state index contributed by atoms with van der Waals surface area (Å²) >= 11 is 0. The lowest BCUT2D eigenvalue weighted by molar-refractivity contribution is -0.0443. The lowest BCUT2D eigenvalue weighted by Crippen LogP contribution is -2.43. The summed E-state index contributed by atoms with van der Waals surface area (Å²) in [5.74, 6) is -0.453. The monoisotopic (exact) mass is 222 g/mol. The predicted octanol–water partition coefficient (Wildman–Crippen LogP) is 0.403. The smallest absolute Gasteiger partial charge is 0.274 e. The minimum atomic E-state index is -0.808. The topological polar surface area (TPSA) is 64.0 Å². The summed E-state index contributed by atoms with van der Waals surface area (Å²) in [6, 6.07) is 6.32. The third-order valence-electron chi connectivity index (χ3n) is 2.70. The number of hydrazine groups is 1. The van der Waals surface area contributed by atoms with Gasteiger partial charge in [0, 0.05) is 20.0 Å². The fourth-order valence-corrected chi connectivity index (χ4v) is 1.83. The highest BCUT2D eigenvalue weighted by Gasteiger charge is 2.33. The molecule has 0 spiro atoms. The highest BCUT2D eigenvalue weighted by molar-refractivity contribution is 5.96. The molecule has 1 aromatic rings. The molecule has 1 saturated heterocycles. The van der Waals surface area contributed by atoms with E-state index in [1.807, 2.05) is 0 Å². The fraction of sp³-hybridized carbons (Fsp3) is 0.364. The van der Waals surface area contributed by atoms with Gasteiger partial charge in [0.2, 0.25) is 0 Å². The van der Waals surface area contributed by atoms with Crippen LogP contribution in [-0.4, -0.2) is 46.0 Å². The van der Waals surface area contributed by atoms with Crippen LogP contribution in [-0.2, 0) is 0 Å². The summed E-state index contributed by atoms with van der Waals surface area (Å²) in [4.78, 5) is 12.1. The zero-order chi connectivity index (χ0) is 11.7. The van der Waals surface area contributed by atoms with E-state index in [2.05, 4.69) is 0 Å². The summed E-state index contributed by atoms with van der Waals surface area (Å²) < 4.78 is 0. The van der Waals surface area contributed by atoms with Crippen molar-refractivity contribution in [2.75, 3.05) is 13.6 Å². The highest BCUT2D eigenvalue weighted by atomic mass is 16.3. The maximum Gasteiger partial charge on any atom is 0.274 e. The number of hydrogen-bond donors (Lipinski definition) is 2. The summed E-state index contributed by atoms with van der Waals surface area (Å²) in [7, 11) is 1.73. The van der Waals surface area contributed by atoms with Crippen LogP contribution in [0.3, 0.4) is 0 Å². The highest BCUT2D eigenvalue weighted by Crippen LogP contribution is 2.22. The number of nitrogens with zero attached hydrogens (tertiary/aromatic N) is 2. The number of rotatable bonds is 1. The van der Waals surface area contributed by atoms with E-state index in [9.17, 15) is 15.0 Å². The van der Waals surface area contributed by atoms with Crippen molar-refractivity contribution in [1.82, 2.24) is 10.0 Å². The van der Waals surface area contributed by atoms with Crippen molar-refractivity contribution in [3.05, 3.63) is 29.8 Å². The molecule has 5 nitrogen and oxygen atoms in total. The number of carbonyl (C=O) groups excluding carboxylic acids is 1. The molecule has 16 heavy (non-hydrogen) atoms. The Morgan fingerprint density at radius 1 is 1.44 bits per heavy atom. The molecule has 1 fully saturated rings. The minimum absolute atomic E-state index is 0.0694. The summed E-state index contributed by atoms with van der Waals surface area (Å²) in [5, 5.41) is 22.1. The van der Waals surface area contributed by atoms with Gasteiger partial charge in [-0.1, -0.05) is 12.1 Å². The van der Waals surface area contributed by atoms with E-state index in [0.717, 1.165) is 0 Å². The molecule has 1 amide bonds. The number of para-hydroxylation sites is 1. The second-order valence-corrected chi connectivity index (χ2v) is 3.82. The van der Waals surface area contributed by atoms with Crippen molar-refractivity contribution in [2.45, 2.75) is 12.6 Å². The number of aliphatic hydroxyl groups is 1. The zero-order valence-electron chi connectivity index (χ0n) is 9.00. The molecule has 0 bridgehead atoms. The van der Waals surface area contributed by atoms with Crippen LogP contribution in [0.5, 0.6) is 5.75 Å². The minimum Gasteiger partial charge on any atom is -0.507 e. The van der Waals surface area contributed by atoms with Gasteiger partial charge in [-0.3, -0.25) is 4.79 Å². The first kappa shape index (κ1) is 10.9. The van der Waals surface area contributed by atoms with Crippen LogP contribution in [0.4, 0.5) is 0 Å². The van der Waals surface area contributed by atoms with Crippen LogP contribution in [0.15, 0.2) is 24.3 Å². The van der Waals surface area contributed by atoms with E-state index in [-0.39, 0.29) is 17.2 Å². The second-order valence-electron chi connectivity index (χ2n) is 3.82.